The number of carboxylic acids is 1. The lowest BCUT2D eigenvalue weighted by atomic mass is 9.96. The molecule has 0 spiro atoms. The van der Waals surface area contributed by atoms with E-state index in [1.165, 1.54) is 18.2 Å². The number of morpholine rings is 1. The van der Waals surface area contributed by atoms with Crippen LogP contribution in [0.25, 0.3) is 0 Å². The fraction of sp³-hybridized carbons (Fsp3) is 0.222. The third-order valence-corrected chi connectivity index (χ3v) is 4.30. The Kier molecular flexibility index (Phi) is 4.79. The first-order chi connectivity index (χ1) is 12.4. The van der Waals surface area contributed by atoms with Crippen molar-refractivity contribution in [2.75, 3.05) is 36.1 Å². The molecular formula is C18H19N3O5. The molecule has 6 N–H and O–H groups in total. The number of nitrogens with zero attached hydrogens (tertiary/aromatic N) is 1. The van der Waals surface area contributed by atoms with Gasteiger partial charge in [0.05, 0.1) is 35.8 Å². The Morgan fingerprint density at radius 3 is 2.38 bits per heavy atom. The van der Waals surface area contributed by atoms with E-state index in [-0.39, 0.29) is 34.6 Å². The average molecular weight is 357 g/mol. The van der Waals surface area contributed by atoms with Gasteiger partial charge in [-0.3, -0.25) is 4.79 Å². The van der Waals surface area contributed by atoms with Crippen molar-refractivity contribution in [1.29, 1.82) is 0 Å². The van der Waals surface area contributed by atoms with Crippen molar-refractivity contribution in [2.24, 2.45) is 0 Å². The minimum absolute atomic E-state index is 0.0423. The van der Waals surface area contributed by atoms with Crippen LogP contribution in [0.4, 0.5) is 17.1 Å². The largest absolute Gasteiger partial charge is 0.478 e. The molecule has 8 nitrogen and oxygen atoms in total. The molecule has 1 saturated heterocycles. The molecule has 1 fully saturated rings. The van der Waals surface area contributed by atoms with Crippen LogP contribution >= 0.6 is 0 Å². The first-order valence-electron chi connectivity index (χ1n) is 7.99. The van der Waals surface area contributed by atoms with Crippen molar-refractivity contribution in [3.8, 4) is 0 Å². The number of aromatic carboxylic acids is 1. The summed E-state index contributed by atoms with van der Waals surface area (Å²) in [5.41, 5.74) is 13.1. The summed E-state index contributed by atoms with van der Waals surface area (Å²) < 4.78 is 5.09. The summed E-state index contributed by atoms with van der Waals surface area (Å²) in [4.78, 5) is 26.0. The minimum Gasteiger partial charge on any atom is -0.478 e. The monoisotopic (exact) mass is 357 g/mol. The third-order valence-electron chi connectivity index (χ3n) is 4.30. The zero-order valence-corrected chi connectivity index (χ0v) is 13.9. The first kappa shape index (κ1) is 17.7. The lowest BCUT2D eigenvalue weighted by molar-refractivity contribution is -0.104. The number of carbonyl (C=O) groups is 2. The molecule has 0 aliphatic carbocycles. The fourth-order valence-electron chi connectivity index (χ4n) is 2.96. The van der Waals surface area contributed by atoms with E-state index in [2.05, 4.69) is 0 Å². The molecule has 1 atom stereocenters. The number of benzene rings is 2. The van der Waals surface area contributed by atoms with Crippen LogP contribution in [0.5, 0.6) is 0 Å². The Labute approximate surface area is 149 Å². The maximum absolute atomic E-state index is 12.8. The SMILES string of the molecule is Nc1c(C(=O)c2ccccc2C(=O)O)ccc(N2CCOC(O)C2)c1N. The number of nitrogen functional groups attached to an aromatic ring is 2. The zero-order valence-electron chi connectivity index (χ0n) is 13.9. The molecule has 0 radical (unpaired) electrons. The highest BCUT2D eigenvalue weighted by Crippen LogP contribution is 2.33. The van der Waals surface area contributed by atoms with Crippen molar-refractivity contribution in [1.82, 2.24) is 0 Å². The Bertz CT molecular complexity index is 868. The van der Waals surface area contributed by atoms with Gasteiger partial charge in [-0.2, -0.15) is 0 Å². The van der Waals surface area contributed by atoms with E-state index in [4.69, 9.17) is 16.2 Å². The van der Waals surface area contributed by atoms with Gasteiger partial charge in [-0.05, 0) is 18.2 Å². The van der Waals surface area contributed by atoms with Gasteiger partial charge in [-0.25, -0.2) is 4.79 Å². The summed E-state index contributed by atoms with van der Waals surface area (Å²) in [5, 5.41) is 18.9. The van der Waals surface area contributed by atoms with Crippen molar-refractivity contribution in [3.63, 3.8) is 0 Å². The van der Waals surface area contributed by atoms with E-state index in [1.807, 2.05) is 4.90 Å². The zero-order chi connectivity index (χ0) is 18.8. The number of hydrogen-bond donors (Lipinski definition) is 4. The molecule has 2 aromatic rings. The van der Waals surface area contributed by atoms with Gasteiger partial charge in [0.15, 0.2) is 12.1 Å². The standard InChI is InChI=1S/C18H19N3O5/c19-15-12(17(23)10-3-1-2-4-11(10)18(24)25)5-6-13(16(15)20)21-7-8-26-14(22)9-21/h1-6,14,22H,7-9,19-20H2,(H,24,25). The molecule has 1 unspecified atom stereocenters. The van der Waals surface area contributed by atoms with Crippen LogP contribution in [-0.4, -0.2) is 48.0 Å². The number of hydrogen-bond acceptors (Lipinski definition) is 7. The Morgan fingerprint density at radius 2 is 1.73 bits per heavy atom. The topological polar surface area (TPSA) is 139 Å². The maximum Gasteiger partial charge on any atom is 0.336 e. The molecule has 1 aliphatic heterocycles. The van der Waals surface area contributed by atoms with Gasteiger partial charge >= 0.3 is 5.97 Å². The molecular weight excluding hydrogens is 338 g/mol. The second-order valence-electron chi connectivity index (χ2n) is 5.91. The summed E-state index contributed by atoms with van der Waals surface area (Å²) in [7, 11) is 0. The van der Waals surface area contributed by atoms with Crippen molar-refractivity contribution >= 4 is 28.8 Å². The normalized spacial score (nSPS) is 17.1. The maximum atomic E-state index is 12.8. The summed E-state index contributed by atoms with van der Waals surface area (Å²) in [5.74, 6) is -1.71. The highest BCUT2D eigenvalue weighted by Gasteiger charge is 2.24. The molecule has 8 heteroatoms. The lowest BCUT2D eigenvalue weighted by Crippen LogP contribution is -2.42. The van der Waals surface area contributed by atoms with Gasteiger partial charge < -0.3 is 31.3 Å². The van der Waals surface area contributed by atoms with Gasteiger partial charge in [0, 0.05) is 17.7 Å². The predicted molar refractivity (Wildman–Crippen MR) is 96.3 cm³/mol. The molecule has 0 aromatic heterocycles. The highest BCUT2D eigenvalue weighted by atomic mass is 16.6. The van der Waals surface area contributed by atoms with E-state index in [0.717, 1.165) is 0 Å². The molecule has 1 aliphatic rings. The molecule has 0 bridgehead atoms. The Balaban J connectivity index is 1.99. The summed E-state index contributed by atoms with van der Waals surface area (Å²) in [6, 6.07) is 9.09. The number of aliphatic hydroxyl groups excluding tert-OH is 1. The van der Waals surface area contributed by atoms with Crippen LogP contribution in [0.2, 0.25) is 0 Å². The van der Waals surface area contributed by atoms with Crippen LogP contribution in [-0.2, 0) is 4.74 Å². The predicted octanol–water partition coefficient (Wildman–Crippen LogP) is 0.935. The number of rotatable bonds is 4. The van der Waals surface area contributed by atoms with Gasteiger partial charge in [-0.15, -0.1) is 0 Å². The fourth-order valence-corrected chi connectivity index (χ4v) is 2.96. The van der Waals surface area contributed by atoms with E-state index in [1.54, 1.807) is 18.2 Å². The molecule has 2 aromatic carbocycles. The van der Waals surface area contributed by atoms with Gasteiger partial charge in [-0.1, -0.05) is 18.2 Å². The number of carbonyl (C=O) groups excluding carboxylic acids is 1. The number of nitrogens with two attached hydrogens (primary N) is 2. The van der Waals surface area contributed by atoms with E-state index < -0.39 is 18.0 Å². The van der Waals surface area contributed by atoms with Crippen LogP contribution in [0.1, 0.15) is 26.3 Å². The number of aliphatic hydroxyl groups is 1. The quantitative estimate of drug-likeness (QED) is 0.468. The van der Waals surface area contributed by atoms with E-state index in [9.17, 15) is 19.8 Å². The van der Waals surface area contributed by atoms with Gasteiger partial charge in [0.25, 0.3) is 0 Å². The Morgan fingerprint density at radius 1 is 1.04 bits per heavy atom. The van der Waals surface area contributed by atoms with Crippen molar-refractivity contribution in [3.05, 3.63) is 53.1 Å². The van der Waals surface area contributed by atoms with Crippen molar-refractivity contribution in [2.45, 2.75) is 6.29 Å². The number of β-amino-alcohol motifs (C(OH)–C–C–N with tert-alkyl or cyclic N) is 1. The second kappa shape index (κ2) is 7.03. The van der Waals surface area contributed by atoms with Gasteiger partial charge in [0.1, 0.15) is 0 Å². The third kappa shape index (κ3) is 3.19. The summed E-state index contributed by atoms with van der Waals surface area (Å²) in [6.07, 6.45) is -0.923. The van der Waals surface area contributed by atoms with E-state index >= 15 is 0 Å². The molecule has 136 valence electrons. The van der Waals surface area contributed by atoms with Crippen LogP contribution in [0, 0.1) is 0 Å². The van der Waals surface area contributed by atoms with E-state index in [0.29, 0.717) is 18.8 Å². The number of anilines is 3. The van der Waals surface area contributed by atoms with Crippen LogP contribution in [0.3, 0.4) is 0 Å². The molecule has 1 heterocycles. The lowest BCUT2D eigenvalue weighted by Gasteiger charge is -2.33. The molecule has 3 rings (SSSR count). The minimum atomic E-state index is -1.19. The molecule has 26 heavy (non-hydrogen) atoms. The molecule has 0 saturated carbocycles. The van der Waals surface area contributed by atoms with Crippen LogP contribution < -0.4 is 16.4 Å². The average Bonchev–Trinajstić information content (AvgIpc) is 2.63. The Hall–Kier alpha value is -3.10. The van der Waals surface area contributed by atoms with Crippen molar-refractivity contribution < 1.29 is 24.5 Å². The van der Waals surface area contributed by atoms with Gasteiger partial charge in [0.2, 0.25) is 0 Å². The second-order valence-corrected chi connectivity index (χ2v) is 5.91. The first-order valence-corrected chi connectivity index (χ1v) is 7.99. The summed E-state index contributed by atoms with van der Waals surface area (Å²) in [6.45, 7) is 1.10. The number of ketones is 1. The molecule has 0 amide bonds. The smallest absolute Gasteiger partial charge is 0.336 e. The van der Waals surface area contributed by atoms with Crippen LogP contribution in [0.15, 0.2) is 36.4 Å². The number of carboxylic acid groups (broad SMARTS) is 1. The summed E-state index contributed by atoms with van der Waals surface area (Å²) >= 11 is 0. The highest BCUT2D eigenvalue weighted by molar-refractivity contribution is 6.17. The number of ether oxygens (including phenoxy) is 1.